The smallest absolute Gasteiger partial charge is 0.220 e. The molecular formula is C83H147NO18. The second-order valence-corrected chi connectivity index (χ2v) is 28.8. The number of carbonyl (C=O) groups excluding carboxylic acids is 1. The van der Waals surface area contributed by atoms with Crippen LogP contribution in [0.3, 0.4) is 0 Å². The molecule has 0 saturated carbocycles. The standard InChI is InChI=1S/C83H147NO18/c1-3-5-7-9-11-13-15-17-19-21-23-25-27-29-31-32-33-35-36-38-40-42-44-46-48-50-52-54-56-58-60-67(88)66(84-71(89)61-59-57-55-53-51-49-47-45-43-41-39-37-34-30-28-26-24-22-20-18-16-14-12-10-8-6-4-2)65-97-81-77(95)74(92)79(69(63-86)99-81)102-83-78(96)75(93)80(70(64-87)100-83)101-82-76(94)73(91)72(90)68(62-85)98-82/h6,8,12,14,18,20,24,26,42,44,50,52,58,60,66-70,72-83,85-88,90-96H,3-5,7,9-11,13,15-17,19,21-23,25,27-41,43,45-49,51,53-57,59,61-65H2,1-2H3,(H,84,89)/b8-6-,14-12-,20-18-,26-24-,44-42+,52-50+,60-58+. The zero-order chi connectivity index (χ0) is 73.9. The summed E-state index contributed by atoms with van der Waals surface area (Å²) in [7, 11) is 0. The van der Waals surface area contributed by atoms with Crippen LogP contribution in [-0.4, -0.2) is 193 Å². The monoisotopic (exact) mass is 1450 g/mol. The Morgan fingerprint density at radius 3 is 1.10 bits per heavy atom. The van der Waals surface area contributed by atoms with Crippen LogP contribution in [-0.2, 0) is 33.2 Å². The molecule has 17 unspecified atom stereocenters. The molecule has 0 aromatic carbocycles. The summed E-state index contributed by atoms with van der Waals surface area (Å²) < 4.78 is 34.4. The quantitative estimate of drug-likeness (QED) is 0.0199. The maximum Gasteiger partial charge on any atom is 0.220 e. The van der Waals surface area contributed by atoms with Crippen molar-refractivity contribution >= 4 is 5.91 Å². The van der Waals surface area contributed by atoms with Gasteiger partial charge in [0.05, 0.1) is 38.6 Å². The van der Waals surface area contributed by atoms with E-state index in [1.54, 1.807) is 6.08 Å². The van der Waals surface area contributed by atoms with Crippen molar-refractivity contribution in [1.82, 2.24) is 5.32 Å². The van der Waals surface area contributed by atoms with Crippen molar-refractivity contribution in [2.75, 3.05) is 26.4 Å². The molecule has 19 nitrogen and oxygen atoms in total. The van der Waals surface area contributed by atoms with Gasteiger partial charge in [0.15, 0.2) is 18.9 Å². The summed E-state index contributed by atoms with van der Waals surface area (Å²) in [6.45, 7) is 1.63. The lowest BCUT2D eigenvalue weighted by molar-refractivity contribution is -0.379. The van der Waals surface area contributed by atoms with E-state index >= 15 is 0 Å². The highest BCUT2D eigenvalue weighted by Gasteiger charge is 2.54. The number of aliphatic hydroxyl groups excluding tert-OH is 11. The predicted molar refractivity (Wildman–Crippen MR) is 406 cm³/mol. The Bertz CT molecular complexity index is 2170. The molecule has 102 heavy (non-hydrogen) atoms. The summed E-state index contributed by atoms with van der Waals surface area (Å²) in [6, 6.07) is -1.00. The minimum Gasteiger partial charge on any atom is -0.394 e. The largest absolute Gasteiger partial charge is 0.394 e. The molecule has 3 aliphatic rings. The molecular weight excluding hydrogens is 1300 g/mol. The molecule has 17 atom stereocenters. The summed E-state index contributed by atoms with van der Waals surface area (Å²) in [4.78, 5) is 13.5. The Hall–Kier alpha value is -3.03. The molecule has 0 aliphatic carbocycles. The van der Waals surface area contributed by atoms with Crippen molar-refractivity contribution in [2.45, 2.75) is 407 Å². The van der Waals surface area contributed by atoms with E-state index < -0.39 is 124 Å². The number of amides is 1. The van der Waals surface area contributed by atoms with E-state index in [0.717, 1.165) is 77.0 Å². The number of allylic oxidation sites excluding steroid dienone is 13. The molecule has 1 amide bonds. The predicted octanol–water partition coefficient (Wildman–Crippen LogP) is 13.8. The highest BCUT2D eigenvalue weighted by molar-refractivity contribution is 5.76. The maximum atomic E-state index is 13.5. The number of hydrogen-bond acceptors (Lipinski definition) is 18. The lowest BCUT2D eigenvalue weighted by Gasteiger charge is -2.48. The first-order chi connectivity index (χ1) is 49.8. The van der Waals surface area contributed by atoms with Gasteiger partial charge < -0.3 is 89.9 Å². The second kappa shape index (κ2) is 63.0. The third-order valence-corrected chi connectivity index (χ3v) is 19.9. The van der Waals surface area contributed by atoms with Gasteiger partial charge in [0, 0.05) is 6.42 Å². The van der Waals surface area contributed by atoms with Gasteiger partial charge in [-0.3, -0.25) is 4.79 Å². The van der Waals surface area contributed by atoms with E-state index in [4.69, 9.17) is 28.4 Å². The first-order valence-electron chi connectivity index (χ1n) is 40.8. The van der Waals surface area contributed by atoms with E-state index in [1.165, 1.54) is 193 Å². The topological polar surface area (TPSA) is 307 Å². The summed E-state index contributed by atoms with van der Waals surface area (Å²) in [5.74, 6) is -0.290. The first-order valence-corrected chi connectivity index (χ1v) is 40.8. The van der Waals surface area contributed by atoms with Crippen molar-refractivity contribution in [1.29, 1.82) is 0 Å². The van der Waals surface area contributed by atoms with Gasteiger partial charge in [0.2, 0.25) is 5.91 Å². The third kappa shape index (κ3) is 42.5. The van der Waals surface area contributed by atoms with Crippen LogP contribution >= 0.6 is 0 Å². The number of ether oxygens (including phenoxy) is 6. The average molecular weight is 1450 g/mol. The molecule has 3 aliphatic heterocycles. The maximum absolute atomic E-state index is 13.5. The lowest BCUT2D eigenvalue weighted by atomic mass is 9.96. The Labute approximate surface area is 616 Å². The van der Waals surface area contributed by atoms with Crippen molar-refractivity contribution in [3.8, 4) is 0 Å². The fourth-order valence-electron chi connectivity index (χ4n) is 13.4. The van der Waals surface area contributed by atoms with Gasteiger partial charge in [0.1, 0.15) is 73.2 Å². The van der Waals surface area contributed by atoms with Crippen molar-refractivity contribution < 1.29 is 89.4 Å². The van der Waals surface area contributed by atoms with Crippen LogP contribution in [0.25, 0.3) is 0 Å². The molecule has 592 valence electrons. The number of rotatable bonds is 64. The Morgan fingerprint density at radius 2 is 0.686 bits per heavy atom. The lowest BCUT2D eigenvalue weighted by Crippen LogP contribution is -2.66. The summed E-state index contributed by atoms with van der Waals surface area (Å²) >= 11 is 0. The van der Waals surface area contributed by atoms with Crippen molar-refractivity contribution in [3.63, 3.8) is 0 Å². The molecule has 0 spiro atoms. The Kier molecular flexibility index (Phi) is 57.5. The number of nitrogens with one attached hydrogen (secondary N) is 1. The Morgan fingerprint density at radius 1 is 0.363 bits per heavy atom. The molecule has 0 radical (unpaired) electrons. The summed E-state index contributed by atoms with van der Waals surface area (Å²) in [5, 5.41) is 121. The van der Waals surface area contributed by atoms with Gasteiger partial charge in [0.25, 0.3) is 0 Å². The highest BCUT2D eigenvalue weighted by atomic mass is 16.8. The molecule has 3 saturated heterocycles. The summed E-state index contributed by atoms with van der Waals surface area (Å²) in [6.07, 6.45) is 57.2. The zero-order valence-electron chi connectivity index (χ0n) is 63.3. The zero-order valence-corrected chi connectivity index (χ0v) is 63.3. The number of aliphatic hydroxyl groups is 11. The molecule has 0 aromatic rings. The van der Waals surface area contributed by atoms with E-state index in [9.17, 15) is 61.0 Å². The van der Waals surface area contributed by atoms with Gasteiger partial charge in [-0.2, -0.15) is 0 Å². The second-order valence-electron chi connectivity index (χ2n) is 28.8. The van der Waals surface area contributed by atoms with E-state index in [2.05, 4.69) is 92.1 Å². The Balaban J connectivity index is 1.39. The van der Waals surface area contributed by atoms with Gasteiger partial charge in [-0.15, -0.1) is 0 Å². The van der Waals surface area contributed by atoms with Crippen molar-refractivity contribution in [3.05, 3.63) is 85.1 Å². The molecule has 3 rings (SSSR count). The van der Waals surface area contributed by atoms with E-state index in [0.29, 0.717) is 12.8 Å². The van der Waals surface area contributed by atoms with Gasteiger partial charge in [-0.05, 0) is 83.5 Å². The molecule has 0 aromatic heterocycles. The van der Waals surface area contributed by atoms with Gasteiger partial charge in [-0.25, -0.2) is 0 Å². The van der Waals surface area contributed by atoms with E-state index in [1.807, 2.05) is 6.08 Å². The van der Waals surface area contributed by atoms with Crippen LogP contribution in [0.5, 0.6) is 0 Å². The third-order valence-electron chi connectivity index (χ3n) is 19.9. The highest BCUT2D eigenvalue weighted by Crippen LogP contribution is 2.33. The van der Waals surface area contributed by atoms with Crippen LogP contribution in [0.15, 0.2) is 85.1 Å². The van der Waals surface area contributed by atoms with Gasteiger partial charge >= 0.3 is 0 Å². The number of carbonyl (C=O) groups is 1. The minimum atomic E-state index is -1.99. The fraction of sp³-hybridized carbons (Fsp3) is 0.819. The first kappa shape index (κ1) is 93.2. The molecule has 19 heteroatoms. The van der Waals surface area contributed by atoms with Crippen molar-refractivity contribution in [2.24, 2.45) is 0 Å². The fourth-order valence-corrected chi connectivity index (χ4v) is 13.4. The number of unbranched alkanes of at least 4 members (excludes halogenated alkanes) is 36. The van der Waals surface area contributed by atoms with E-state index in [-0.39, 0.29) is 18.9 Å². The molecule has 3 fully saturated rings. The van der Waals surface area contributed by atoms with Crippen LogP contribution in [0, 0.1) is 0 Å². The number of hydrogen-bond donors (Lipinski definition) is 12. The van der Waals surface area contributed by atoms with Gasteiger partial charge in [-0.1, -0.05) is 298 Å². The van der Waals surface area contributed by atoms with Crippen LogP contribution in [0.2, 0.25) is 0 Å². The average Bonchev–Trinajstić information content (AvgIpc) is 0.782. The normalized spacial score (nSPS) is 26.6. The van der Waals surface area contributed by atoms with Crippen LogP contribution in [0.1, 0.15) is 303 Å². The van der Waals surface area contributed by atoms with Crippen LogP contribution < -0.4 is 5.32 Å². The molecule has 12 N–H and O–H groups in total. The molecule has 0 bridgehead atoms. The van der Waals surface area contributed by atoms with Crippen LogP contribution in [0.4, 0.5) is 0 Å². The minimum absolute atomic E-state index is 0.228. The SMILES string of the molecule is CC/C=C\C/C=C\C/C=C\C/C=C\CCCCCCCCCCCCCCCCC(=O)NC(COC1OC(CO)C(OC2OC(CO)C(OC3OC(CO)C(O)C(O)C3O)C(O)C2O)C(O)C1O)C(O)/C=C/CC/C=C/CC/C=C/CCCCCCCCCCCCCCCCCCCCCC. The summed E-state index contributed by atoms with van der Waals surface area (Å²) in [5.41, 5.74) is 0. The molecule has 3 heterocycles.